The van der Waals surface area contributed by atoms with Crippen LogP contribution in [-0.2, 0) is 5.41 Å². The summed E-state index contributed by atoms with van der Waals surface area (Å²) >= 11 is 0. The number of aryl methyl sites for hydroxylation is 1. The second-order valence-electron chi connectivity index (χ2n) is 7.48. The van der Waals surface area contributed by atoms with Gasteiger partial charge in [0.1, 0.15) is 5.82 Å². The molecule has 3 rings (SSSR count). The van der Waals surface area contributed by atoms with E-state index in [4.69, 9.17) is 5.26 Å². The number of rotatable bonds is 4. The Kier molecular flexibility index (Phi) is 5.09. The Hall–Kier alpha value is -3.39. The zero-order valence-electron chi connectivity index (χ0n) is 16.0. The first-order chi connectivity index (χ1) is 12.8. The summed E-state index contributed by atoms with van der Waals surface area (Å²) < 4.78 is 0. The van der Waals surface area contributed by atoms with Crippen molar-refractivity contribution in [3.05, 3.63) is 71.4 Å². The van der Waals surface area contributed by atoms with E-state index in [0.29, 0.717) is 11.5 Å². The molecule has 0 radical (unpaired) electrons. The van der Waals surface area contributed by atoms with Gasteiger partial charge >= 0.3 is 0 Å². The van der Waals surface area contributed by atoms with Crippen LogP contribution in [0.4, 0.5) is 23.1 Å². The number of nitrogens with one attached hydrogen (secondary N) is 2. The minimum absolute atomic E-state index is 0.127. The van der Waals surface area contributed by atoms with Gasteiger partial charge in [-0.3, -0.25) is 0 Å². The third-order valence-corrected chi connectivity index (χ3v) is 4.15. The van der Waals surface area contributed by atoms with Crippen molar-refractivity contribution in [2.45, 2.75) is 33.1 Å². The van der Waals surface area contributed by atoms with Crippen LogP contribution in [0.5, 0.6) is 0 Å². The van der Waals surface area contributed by atoms with Crippen LogP contribution in [0.15, 0.2) is 54.6 Å². The molecule has 0 spiro atoms. The number of nitrogens with zero attached hydrogens (tertiary/aromatic N) is 3. The highest BCUT2D eigenvalue weighted by Gasteiger charge is 2.13. The van der Waals surface area contributed by atoms with Gasteiger partial charge in [-0.05, 0) is 54.3 Å². The Labute approximate surface area is 160 Å². The molecule has 0 amide bonds. The predicted octanol–water partition coefficient (Wildman–Crippen LogP) is 5.44. The summed E-state index contributed by atoms with van der Waals surface area (Å²) in [5, 5.41) is 15.4. The molecule has 3 aromatic rings. The van der Waals surface area contributed by atoms with Crippen molar-refractivity contribution >= 4 is 23.1 Å². The largest absolute Gasteiger partial charge is 0.340 e. The molecule has 0 bridgehead atoms. The van der Waals surface area contributed by atoms with Crippen LogP contribution in [-0.4, -0.2) is 9.97 Å². The summed E-state index contributed by atoms with van der Waals surface area (Å²) in [7, 11) is 0. The van der Waals surface area contributed by atoms with Crippen LogP contribution >= 0.6 is 0 Å². The highest BCUT2D eigenvalue weighted by atomic mass is 15.1. The van der Waals surface area contributed by atoms with Gasteiger partial charge in [0.25, 0.3) is 0 Å². The summed E-state index contributed by atoms with van der Waals surface area (Å²) in [6.45, 7) is 8.53. The van der Waals surface area contributed by atoms with Crippen molar-refractivity contribution in [1.82, 2.24) is 9.97 Å². The molecule has 2 N–H and O–H groups in total. The van der Waals surface area contributed by atoms with Gasteiger partial charge in [0.05, 0.1) is 11.6 Å². The van der Waals surface area contributed by atoms with Gasteiger partial charge in [0.15, 0.2) is 0 Å². The van der Waals surface area contributed by atoms with E-state index in [-0.39, 0.29) is 5.41 Å². The smallest absolute Gasteiger partial charge is 0.229 e. The predicted molar refractivity (Wildman–Crippen MR) is 110 cm³/mol. The lowest BCUT2D eigenvalue weighted by Crippen LogP contribution is -2.10. The lowest BCUT2D eigenvalue weighted by molar-refractivity contribution is 0.590. The highest BCUT2D eigenvalue weighted by Crippen LogP contribution is 2.25. The van der Waals surface area contributed by atoms with E-state index in [1.165, 1.54) is 5.56 Å². The number of aromatic nitrogens is 2. The van der Waals surface area contributed by atoms with Gasteiger partial charge in [-0.15, -0.1) is 0 Å². The SMILES string of the molecule is Cc1cc(Nc2ccc(C(C)(C)C)cc2)nc(Nc2ccc(C#N)cc2)n1. The molecule has 27 heavy (non-hydrogen) atoms. The summed E-state index contributed by atoms with van der Waals surface area (Å²) in [6.07, 6.45) is 0. The van der Waals surface area contributed by atoms with Gasteiger partial charge in [-0.1, -0.05) is 32.9 Å². The monoisotopic (exact) mass is 357 g/mol. The third-order valence-electron chi connectivity index (χ3n) is 4.15. The van der Waals surface area contributed by atoms with Gasteiger partial charge in [-0.25, -0.2) is 4.98 Å². The van der Waals surface area contributed by atoms with E-state index < -0.39 is 0 Å². The molecule has 0 unspecified atom stereocenters. The Morgan fingerprint density at radius 3 is 2.04 bits per heavy atom. The van der Waals surface area contributed by atoms with E-state index in [1.807, 2.05) is 25.1 Å². The van der Waals surface area contributed by atoms with Crippen LogP contribution in [0.3, 0.4) is 0 Å². The molecule has 1 heterocycles. The summed E-state index contributed by atoms with van der Waals surface area (Å²) in [5.41, 5.74) is 4.70. The number of anilines is 4. The van der Waals surface area contributed by atoms with Crippen molar-refractivity contribution in [2.75, 3.05) is 10.6 Å². The van der Waals surface area contributed by atoms with E-state index in [0.717, 1.165) is 22.9 Å². The van der Waals surface area contributed by atoms with E-state index in [1.54, 1.807) is 12.1 Å². The third kappa shape index (κ3) is 4.83. The molecule has 0 saturated heterocycles. The average molecular weight is 357 g/mol. The molecule has 5 nitrogen and oxygen atoms in total. The second-order valence-corrected chi connectivity index (χ2v) is 7.48. The highest BCUT2D eigenvalue weighted by molar-refractivity contribution is 5.61. The van der Waals surface area contributed by atoms with Gasteiger partial charge in [-0.2, -0.15) is 10.2 Å². The van der Waals surface area contributed by atoms with Crippen LogP contribution in [0.1, 0.15) is 37.6 Å². The molecule has 0 aliphatic rings. The lowest BCUT2D eigenvalue weighted by Gasteiger charge is -2.19. The topological polar surface area (TPSA) is 73.6 Å². The molecule has 0 fully saturated rings. The Bertz CT molecular complexity index is 962. The maximum absolute atomic E-state index is 8.89. The van der Waals surface area contributed by atoms with Crippen molar-refractivity contribution in [3.63, 3.8) is 0 Å². The molecule has 0 saturated carbocycles. The Balaban J connectivity index is 1.77. The fraction of sp³-hybridized carbons (Fsp3) is 0.227. The molecule has 0 aliphatic heterocycles. The van der Waals surface area contributed by atoms with Crippen molar-refractivity contribution in [1.29, 1.82) is 5.26 Å². The molecule has 136 valence electrons. The molecule has 2 aromatic carbocycles. The zero-order valence-corrected chi connectivity index (χ0v) is 16.0. The van der Waals surface area contributed by atoms with Gasteiger partial charge in [0, 0.05) is 23.1 Å². The molecular formula is C22H23N5. The van der Waals surface area contributed by atoms with Crippen LogP contribution in [0.25, 0.3) is 0 Å². The number of benzene rings is 2. The first-order valence-electron chi connectivity index (χ1n) is 8.84. The minimum Gasteiger partial charge on any atom is -0.340 e. The first kappa shape index (κ1) is 18.4. The maximum atomic E-state index is 8.89. The van der Waals surface area contributed by atoms with Gasteiger partial charge in [0.2, 0.25) is 5.95 Å². The van der Waals surface area contributed by atoms with E-state index >= 15 is 0 Å². The molecule has 1 aromatic heterocycles. The van der Waals surface area contributed by atoms with E-state index in [9.17, 15) is 0 Å². The number of hydrogen-bond acceptors (Lipinski definition) is 5. The molecule has 5 heteroatoms. The van der Waals surface area contributed by atoms with Crippen molar-refractivity contribution < 1.29 is 0 Å². The zero-order chi connectivity index (χ0) is 19.4. The fourth-order valence-corrected chi connectivity index (χ4v) is 2.65. The van der Waals surface area contributed by atoms with Crippen LogP contribution < -0.4 is 10.6 Å². The van der Waals surface area contributed by atoms with Crippen molar-refractivity contribution in [3.8, 4) is 6.07 Å². The summed E-state index contributed by atoms with van der Waals surface area (Å²) in [4.78, 5) is 8.97. The number of hydrogen-bond donors (Lipinski definition) is 2. The molecular weight excluding hydrogens is 334 g/mol. The Morgan fingerprint density at radius 1 is 0.852 bits per heavy atom. The van der Waals surface area contributed by atoms with Crippen LogP contribution in [0.2, 0.25) is 0 Å². The number of nitriles is 1. The van der Waals surface area contributed by atoms with Gasteiger partial charge < -0.3 is 10.6 Å². The maximum Gasteiger partial charge on any atom is 0.229 e. The minimum atomic E-state index is 0.127. The fourth-order valence-electron chi connectivity index (χ4n) is 2.65. The standard InChI is InChI=1S/C22H23N5/c1-15-13-20(25-18-11-7-17(8-12-18)22(2,3)4)27-21(24-15)26-19-9-5-16(14-23)6-10-19/h5-13H,1-4H3,(H2,24,25,26,27). The quantitative estimate of drug-likeness (QED) is 0.650. The van der Waals surface area contributed by atoms with Crippen LogP contribution in [0, 0.1) is 18.3 Å². The average Bonchev–Trinajstić information content (AvgIpc) is 2.61. The normalized spacial score (nSPS) is 10.9. The molecule has 0 atom stereocenters. The molecule has 0 aliphatic carbocycles. The first-order valence-corrected chi connectivity index (χ1v) is 8.84. The van der Waals surface area contributed by atoms with Crippen molar-refractivity contribution in [2.24, 2.45) is 0 Å². The van der Waals surface area contributed by atoms with E-state index in [2.05, 4.69) is 71.7 Å². The second kappa shape index (κ2) is 7.46. The Morgan fingerprint density at radius 2 is 1.44 bits per heavy atom. The summed E-state index contributed by atoms with van der Waals surface area (Å²) in [5.74, 6) is 1.23. The lowest BCUT2D eigenvalue weighted by atomic mass is 9.87. The summed E-state index contributed by atoms with van der Waals surface area (Å²) in [6, 6.07) is 19.6.